The van der Waals surface area contributed by atoms with Gasteiger partial charge in [-0.3, -0.25) is 0 Å². The minimum atomic E-state index is -2.86. The Morgan fingerprint density at radius 1 is 1.40 bits per heavy atom. The first-order valence-corrected chi connectivity index (χ1v) is 4.75. The van der Waals surface area contributed by atoms with Crippen LogP contribution in [0.25, 0.3) is 0 Å². The number of furan rings is 1. The monoisotopic (exact) mass is 158 g/mol. The van der Waals surface area contributed by atoms with E-state index in [9.17, 15) is 8.42 Å². The fourth-order valence-electron chi connectivity index (χ4n) is 1.11. The first-order chi connectivity index (χ1) is 4.67. The van der Waals surface area contributed by atoms with Crippen molar-refractivity contribution in [2.45, 2.75) is 11.5 Å². The van der Waals surface area contributed by atoms with Gasteiger partial charge in [0.1, 0.15) is 11.5 Å². The molecule has 0 atom stereocenters. The third kappa shape index (κ3) is 0.759. The lowest BCUT2D eigenvalue weighted by atomic mass is 10.3. The summed E-state index contributed by atoms with van der Waals surface area (Å²) in [6.45, 7) is 0. The summed E-state index contributed by atoms with van der Waals surface area (Å²) in [7, 11) is -2.86. The summed E-state index contributed by atoms with van der Waals surface area (Å²) in [5, 5.41) is 0. The van der Waals surface area contributed by atoms with E-state index in [0.29, 0.717) is 5.76 Å². The highest BCUT2D eigenvalue weighted by Gasteiger charge is 2.26. The summed E-state index contributed by atoms with van der Waals surface area (Å²) in [4.78, 5) is 0. The summed E-state index contributed by atoms with van der Waals surface area (Å²) < 4.78 is 26.7. The van der Waals surface area contributed by atoms with Gasteiger partial charge in [0, 0.05) is 5.56 Å². The molecule has 0 aromatic carbocycles. The second-order valence-electron chi connectivity index (χ2n) is 2.40. The number of hydrogen-bond acceptors (Lipinski definition) is 3. The number of rotatable bonds is 0. The Hall–Kier alpha value is -0.770. The van der Waals surface area contributed by atoms with Crippen LogP contribution in [0.15, 0.2) is 16.7 Å². The van der Waals surface area contributed by atoms with Crippen LogP contribution in [0.4, 0.5) is 0 Å². The van der Waals surface area contributed by atoms with Crippen molar-refractivity contribution >= 4 is 9.84 Å². The van der Waals surface area contributed by atoms with Gasteiger partial charge in [0.2, 0.25) is 0 Å². The van der Waals surface area contributed by atoms with Crippen LogP contribution in [0, 0.1) is 0 Å². The molecule has 0 radical (unpaired) electrons. The van der Waals surface area contributed by atoms with Crippen molar-refractivity contribution in [1.29, 1.82) is 0 Å². The lowest BCUT2D eigenvalue weighted by molar-refractivity contribution is 0.525. The normalized spacial score (nSPS) is 20.8. The Morgan fingerprint density at radius 3 is 2.90 bits per heavy atom. The average molecular weight is 158 g/mol. The van der Waals surface area contributed by atoms with Gasteiger partial charge in [-0.05, 0) is 6.07 Å². The SMILES string of the molecule is O=S1(=O)Cc2ccoc2C1. The molecule has 0 amide bonds. The van der Waals surface area contributed by atoms with E-state index in [1.807, 2.05) is 0 Å². The maximum Gasteiger partial charge on any atom is 0.161 e. The molecule has 0 saturated heterocycles. The molecule has 4 heteroatoms. The Labute approximate surface area is 58.6 Å². The van der Waals surface area contributed by atoms with E-state index in [1.54, 1.807) is 6.07 Å². The maximum atomic E-state index is 10.9. The molecule has 0 aliphatic carbocycles. The van der Waals surface area contributed by atoms with Gasteiger partial charge in [0.25, 0.3) is 0 Å². The lowest BCUT2D eigenvalue weighted by Gasteiger charge is -1.85. The van der Waals surface area contributed by atoms with Crippen molar-refractivity contribution in [2.24, 2.45) is 0 Å². The molecule has 0 fully saturated rings. The molecule has 1 aromatic rings. The van der Waals surface area contributed by atoms with Crippen molar-refractivity contribution in [3.63, 3.8) is 0 Å². The highest BCUT2D eigenvalue weighted by atomic mass is 32.2. The molecule has 0 N–H and O–H groups in total. The predicted octanol–water partition coefficient (Wildman–Crippen LogP) is 0.708. The highest BCUT2D eigenvalue weighted by Crippen LogP contribution is 2.24. The van der Waals surface area contributed by atoms with E-state index in [2.05, 4.69) is 0 Å². The maximum absolute atomic E-state index is 10.9. The van der Waals surface area contributed by atoms with Crippen LogP contribution >= 0.6 is 0 Å². The molecular weight excluding hydrogens is 152 g/mol. The molecule has 0 bridgehead atoms. The van der Waals surface area contributed by atoms with Crippen molar-refractivity contribution in [2.75, 3.05) is 0 Å². The molecule has 0 saturated carbocycles. The molecular formula is C6H6O3S. The Balaban J connectivity index is 2.56. The fraction of sp³-hybridized carbons (Fsp3) is 0.333. The Bertz CT molecular complexity index is 320. The molecule has 1 aromatic heterocycles. The molecule has 10 heavy (non-hydrogen) atoms. The summed E-state index contributed by atoms with van der Waals surface area (Å²) in [6, 6.07) is 1.71. The molecule has 54 valence electrons. The number of fused-ring (bicyclic) bond motifs is 1. The Kier molecular flexibility index (Phi) is 0.976. The summed E-state index contributed by atoms with van der Waals surface area (Å²) in [6.07, 6.45) is 1.53. The van der Waals surface area contributed by atoms with E-state index in [1.165, 1.54) is 6.26 Å². The third-order valence-corrected chi connectivity index (χ3v) is 3.02. The molecule has 0 spiro atoms. The number of sulfone groups is 1. The molecule has 2 rings (SSSR count). The van der Waals surface area contributed by atoms with Gasteiger partial charge in [-0.2, -0.15) is 0 Å². The van der Waals surface area contributed by atoms with Crippen LogP contribution in [0.2, 0.25) is 0 Å². The Morgan fingerprint density at radius 2 is 2.20 bits per heavy atom. The fourth-order valence-corrected chi connectivity index (χ4v) is 2.60. The van der Waals surface area contributed by atoms with Gasteiger partial charge >= 0.3 is 0 Å². The van der Waals surface area contributed by atoms with Crippen LogP contribution in [0.3, 0.4) is 0 Å². The summed E-state index contributed by atoms with van der Waals surface area (Å²) in [5.41, 5.74) is 0.819. The van der Waals surface area contributed by atoms with Gasteiger partial charge < -0.3 is 4.42 Å². The molecule has 2 heterocycles. The molecule has 0 unspecified atom stereocenters. The minimum Gasteiger partial charge on any atom is -0.468 e. The molecule has 1 aliphatic rings. The second-order valence-corrected chi connectivity index (χ2v) is 4.47. The van der Waals surface area contributed by atoms with E-state index in [0.717, 1.165) is 5.56 Å². The average Bonchev–Trinajstić information content (AvgIpc) is 2.20. The minimum absolute atomic E-state index is 0.0787. The zero-order valence-corrected chi connectivity index (χ0v) is 6.02. The largest absolute Gasteiger partial charge is 0.468 e. The van der Waals surface area contributed by atoms with Gasteiger partial charge in [0.05, 0.1) is 12.0 Å². The van der Waals surface area contributed by atoms with E-state index in [4.69, 9.17) is 4.42 Å². The van der Waals surface area contributed by atoms with Gasteiger partial charge in [0.15, 0.2) is 9.84 Å². The van der Waals surface area contributed by atoms with E-state index < -0.39 is 9.84 Å². The topological polar surface area (TPSA) is 47.3 Å². The third-order valence-electron chi connectivity index (χ3n) is 1.56. The lowest BCUT2D eigenvalue weighted by Crippen LogP contribution is -1.95. The van der Waals surface area contributed by atoms with E-state index >= 15 is 0 Å². The van der Waals surface area contributed by atoms with E-state index in [-0.39, 0.29) is 11.5 Å². The zero-order valence-electron chi connectivity index (χ0n) is 5.20. The summed E-state index contributed by atoms with van der Waals surface area (Å²) >= 11 is 0. The van der Waals surface area contributed by atoms with Crippen molar-refractivity contribution in [1.82, 2.24) is 0 Å². The molecule has 3 nitrogen and oxygen atoms in total. The smallest absolute Gasteiger partial charge is 0.161 e. The zero-order chi connectivity index (χ0) is 7.19. The quantitative estimate of drug-likeness (QED) is 0.558. The first kappa shape index (κ1) is 5.97. The summed E-state index contributed by atoms with van der Waals surface area (Å²) in [5.74, 6) is 0.841. The standard InChI is InChI=1S/C6H6O3S/c7-10(8)3-5-1-2-9-6(5)4-10/h1-2H,3-4H2. The van der Waals surface area contributed by atoms with Crippen LogP contribution in [0.1, 0.15) is 11.3 Å². The van der Waals surface area contributed by atoms with Crippen molar-refractivity contribution in [3.8, 4) is 0 Å². The first-order valence-electron chi connectivity index (χ1n) is 2.93. The van der Waals surface area contributed by atoms with Crippen LogP contribution in [0.5, 0.6) is 0 Å². The van der Waals surface area contributed by atoms with Crippen LogP contribution in [-0.4, -0.2) is 8.42 Å². The van der Waals surface area contributed by atoms with Gasteiger partial charge in [-0.1, -0.05) is 0 Å². The van der Waals surface area contributed by atoms with Crippen molar-refractivity contribution in [3.05, 3.63) is 23.7 Å². The van der Waals surface area contributed by atoms with Crippen LogP contribution < -0.4 is 0 Å². The molecule has 1 aliphatic heterocycles. The van der Waals surface area contributed by atoms with Crippen LogP contribution in [-0.2, 0) is 21.3 Å². The van der Waals surface area contributed by atoms with Crippen molar-refractivity contribution < 1.29 is 12.8 Å². The predicted molar refractivity (Wildman–Crippen MR) is 35.0 cm³/mol. The second kappa shape index (κ2) is 1.63. The highest BCUT2D eigenvalue weighted by molar-refractivity contribution is 7.90. The number of hydrogen-bond donors (Lipinski definition) is 0. The van der Waals surface area contributed by atoms with Gasteiger partial charge in [-0.15, -0.1) is 0 Å². The van der Waals surface area contributed by atoms with Gasteiger partial charge in [-0.25, -0.2) is 8.42 Å².